The number of nitrogens with two attached hydrogens (primary N) is 1. The van der Waals surface area contributed by atoms with Crippen molar-refractivity contribution in [3.8, 4) is 5.75 Å². The first kappa shape index (κ1) is 15.8. The Hall–Kier alpha value is -1.55. The van der Waals surface area contributed by atoms with Gasteiger partial charge in [-0.15, -0.1) is 0 Å². The van der Waals surface area contributed by atoms with E-state index >= 15 is 0 Å². The summed E-state index contributed by atoms with van der Waals surface area (Å²) in [5, 5.41) is 0. The third kappa shape index (κ3) is 4.21. The van der Waals surface area contributed by atoms with Gasteiger partial charge in [0, 0.05) is 19.1 Å². The molecule has 0 spiro atoms. The van der Waals surface area contributed by atoms with E-state index in [1.807, 2.05) is 37.8 Å². The molecule has 1 fully saturated rings. The highest BCUT2D eigenvalue weighted by atomic mass is 16.5. The molecule has 4 heteroatoms. The zero-order valence-electron chi connectivity index (χ0n) is 13.3. The van der Waals surface area contributed by atoms with Crippen molar-refractivity contribution >= 4 is 5.91 Å². The Morgan fingerprint density at radius 1 is 1.38 bits per heavy atom. The van der Waals surface area contributed by atoms with Gasteiger partial charge in [-0.3, -0.25) is 4.79 Å². The second-order valence-corrected chi connectivity index (χ2v) is 6.13. The number of rotatable bonds is 4. The fourth-order valence-electron chi connectivity index (χ4n) is 2.87. The van der Waals surface area contributed by atoms with Crippen LogP contribution in [0.2, 0.25) is 0 Å². The molecule has 1 heterocycles. The van der Waals surface area contributed by atoms with Crippen molar-refractivity contribution < 1.29 is 9.53 Å². The van der Waals surface area contributed by atoms with Gasteiger partial charge in [-0.25, -0.2) is 0 Å². The van der Waals surface area contributed by atoms with Gasteiger partial charge in [0.05, 0.1) is 0 Å². The molecule has 2 N–H and O–H groups in total. The van der Waals surface area contributed by atoms with Crippen LogP contribution in [0.4, 0.5) is 0 Å². The van der Waals surface area contributed by atoms with Crippen LogP contribution in [-0.2, 0) is 4.79 Å². The van der Waals surface area contributed by atoms with Crippen molar-refractivity contribution in [2.45, 2.75) is 39.7 Å². The lowest BCUT2D eigenvalue weighted by molar-refractivity contribution is -0.134. The summed E-state index contributed by atoms with van der Waals surface area (Å²) in [6.07, 6.45) is 1.99. The number of benzene rings is 1. The molecule has 0 bridgehead atoms. The fourth-order valence-corrected chi connectivity index (χ4v) is 2.87. The third-order valence-corrected chi connectivity index (χ3v) is 4.32. The van der Waals surface area contributed by atoms with Crippen molar-refractivity contribution in [2.24, 2.45) is 11.7 Å². The van der Waals surface area contributed by atoms with Crippen LogP contribution in [0.3, 0.4) is 0 Å². The molecule has 1 saturated heterocycles. The van der Waals surface area contributed by atoms with Crippen molar-refractivity contribution in [3.63, 3.8) is 0 Å². The highest BCUT2D eigenvalue weighted by molar-refractivity contribution is 5.77. The van der Waals surface area contributed by atoms with Crippen LogP contribution in [0, 0.1) is 19.8 Å². The first-order chi connectivity index (χ1) is 9.97. The van der Waals surface area contributed by atoms with E-state index in [0.717, 1.165) is 37.2 Å². The summed E-state index contributed by atoms with van der Waals surface area (Å²) in [6.45, 7) is 7.80. The molecule has 1 aromatic carbocycles. The van der Waals surface area contributed by atoms with E-state index in [1.165, 1.54) is 5.56 Å². The van der Waals surface area contributed by atoms with Gasteiger partial charge in [0.15, 0.2) is 6.61 Å². The molecule has 0 aromatic heterocycles. The number of carbonyl (C=O) groups excluding carboxylic acids is 1. The van der Waals surface area contributed by atoms with E-state index in [0.29, 0.717) is 5.92 Å². The van der Waals surface area contributed by atoms with Gasteiger partial charge < -0.3 is 15.4 Å². The number of ether oxygens (including phenoxy) is 1. The highest BCUT2D eigenvalue weighted by Gasteiger charge is 2.24. The van der Waals surface area contributed by atoms with Crippen LogP contribution >= 0.6 is 0 Å². The minimum atomic E-state index is 0.0677. The van der Waals surface area contributed by atoms with E-state index < -0.39 is 0 Å². The van der Waals surface area contributed by atoms with Gasteiger partial charge in [0.25, 0.3) is 5.91 Å². The summed E-state index contributed by atoms with van der Waals surface area (Å²) >= 11 is 0. The van der Waals surface area contributed by atoms with Crippen LogP contribution in [0.15, 0.2) is 18.2 Å². The lowest BCUT2D eigenvalue weighted by Gasteiger charge is -2.33. The number of hydrogen-bond acceptors (Lipinski definition) is 3. The largest absolute Gasteiger partial charge is 0.484 e. The molecular weight excluding hydrogens is 264 g/mol. The second-order valence-electron chi connectivity index (χ2n) is 6.13. The van der Waals surface area contributed by atoms with Crippen LogP contribution in [0.5, 0.6) is 5.75 Å². The van der Waals surface area contributed by atoms with Gasteiger partial charge in [-0.2, -0.15) is 0 Å². The van der Waals surface area contributed by atoms with E-state index in [4.69, 9.17) is 10.5 Å². The van der Waals surface area contributed by atoms with Gasteiger partial charge in [-0.1, -0.05) is 17.7 Å². The zero-order chi connectivity index (χ0) is 15.4. The molecule has 0 aliphatic carbocycles. The fraction of sp³-hybridized carbons (Fsp3) is 0.588. The zero-order valence-corrected chi connectivity index (χ0v) is 13.3. The molecule has 1 aromatic rings. The molecule has 2 rings (SSSR count). The summed E-state index contributed by atoms with van der Waals surface area (Å²) in [5.74, 6) is 1.40. The summed E-state index contributed by atoms with van der Waals surface area (Å²) in [7, 11) is 0. The van der Waals surface area contributed by atoms with Crippen LogP contribution < -0.4 is 10.5 Å². The number of likely N-dealkylation sites (tertiary alicyclic amines) is 1. The first-order valence-corrected chi connectivity index (χ1v) is 7.71. The minimum absolute atomic E-state index is 0.0677. The molecule has 1 amide bonds. The smallest absolute Gasteiger partial charge is 0.260 e. The molecule has 4 nitrogen and oxygen atoms in total. The Kier molecular flexibility index (Phi) is 5.23. The molecule has 1 aliphatic rings. The minimum Gasteiger partial charge on any atom is -0.484 e. The molecule has 1 aliphatic heterocycles. The molecular formula is C17H26N2O2. The Bertz CT molecular complexity index is 492. The van der Waals surface area contributed by atoms with E-state index in [2.05, 4.69) is 6.07 Å². The van der Waals surface area contributed by atoms with Gasteiger partial charge in [0.1, 0.15) is 5.75 Å². The molecule has 116 valence electrons. The molecule has 1 atom stereocenters. The average Bonchev–Trinajstić information content (AvgIpc) is 2.46. The normalized spacial score (nSPS) is 17.6. The van der Waals surface area contributed by atoms with Gasteiger partial charge in [0.2, 0.25) is 0 Å². The van der Waals surface area contributed by atoms with Crippen molar-refractivity contribution in [1.82, 2.24) is 4.90 Å². The van der Waals surface area contributed by atoms with Crippen LogP contribution in [0.25, 0.3) is 0 Å². The predicted molar refractivity (Wildman–Crippen MR) is 84.4 cm³/mol. The molecule has 0 saturated carbocycles. The van der Waals surface area contributed by atoms with E-state index in [9.17, 15) is 4.79 Å². The second kappa shape index (κ2) is 6.94. The predicted octanol–water partition coefficient (Wildman–Crippen LogP) is 2.27. The highest BCUT2D eigenvalue weighted by Crippen LogP contribution is 2.21. The Labute approximate surface area is 127 Å². The maximum absolute atomic E-state index is 12.2. The van der Waals surface area contributed by atoms with Gasteiger partial charge >= 0.3 is 0 Å². The third-order valence-electron chi connectivity index (χ3n) is 4.32. The number of carbonyl (C=O) groups is 1. The average molecular weight is 290 g/mol. The lowest BCUT2D eigenvalue weighted by atomic mass is 9.91. The number of hydrogen-bond donors (Lipinski definition) is 1. The monoisotopic (exact) mass is 290 g/mol. The van der Waals surface area contributed by atoms with Crippen molar-refractivity contribution in [2.75, 3.05) is 19.7 Å². The van der Waals surface area contributed by atoms with Crippen LogP contribution in [-0.4, -0.2) is 36.5 Å². The number of nitrogens with zero attached hydrogens (tertiary/aromatic N) is 1. The SMILES string of the molecule is Cc1ccc(OCC(=O)N2CCC(C(C)N)CC2)c(C)c1. The van der Waals surface area contributed by atoms with Crippen molar-refractivity contribution in [1.29, 1.82) is 0 Å². The standard InChI is InChI=1S/C17H26N2O2/c1-12-4-5-16(13(2)10-12)21-11-17(20)19-8-6-15(7-9-19)14(3)18/h4-5,10,14-15H,6-9,11,18H2,1-3H3. The quantitative estimate of drug-likeness (QED) is 0.925. The molecule has 1 unspecified atom stereocenters. The van der Waals surface area contributed by atoms with E-state index in [1.54, 1.807) is 0 Å². The number of aryl methyl sites for hydroxylation is 2. The lowest BCUT2D eigenvalue weighted by Crippen LogP contribution is -2.44. The van der Waals surface area contributed by atoms with Gasteiger partial charge in [-0.05, 0) is 51.2 Å². The van der Waals surface area contributed by atoms with Crippen molar-refractivity contribution in [3.05, 3.63) is 29.3 Å². The maximum Gasteiger partial charge on any atom is 0.260 e. The summed E-state index contributed by atoms with van der Waals surface area (Å²) in [4.78, 5) is 14.1. The molecule has 21 heavy (non-hydrogen) atoms. The van der Waals surface area contributed by atoms with E-state index in [-0.39, 0.29) is 18.6 Å². The Balaban J connectivity index is 1.82. The summed E-state index contributed by atoms with van der Waals surface area (Å²) in [5.41, 5.74) is 8.19. The number of piperidine rings is 1. The molecule has 0 radical (unpaired) electrons. The topological polar surface area (TPSA) is 55.6 Å². The summed E-state index contributed by atoms with van der Waals surface area (Å²) < 4.78 is 5.67. The number of amides is 1. The first-order valence-electron chi connectivity index (χ1n) is 7.71. The Morgan fingerprint density at radius 3 is 2.62 bits per heavy atom. The van der Waals surface area contributed by atoms with Crippen LogP contribution in [0.1, 0.15) is 30.9 Å². The summed E-state index contributed by atoms with van der Waals surface area (Å²) in [6, 6.07) is 6.21. The Morgan fingerprint density at radius 2 is 2.05 bits per heavy atom. The maximum atomic E-state index is 12.2.